The zero-order chi connectivity index (χ0) is 14.2. The molecule has 0 bridgehead atoms. The van der Waals surface area contributed by atoms with Crippen molar-refractivity contribution in [2.45, 2.75) is 30.2 Å². The van der Waals surface area contributed by atoms with Crippen molar-refractivity contribution in [3.8, 4) is 0 Å². The van der Waals surface area contributed by atoms with Crippen LogP contribution in [0.4, 0.5) is 0 Å². The van der Waals surface area contributed by atoms with Gasteiger partial charge in [-0.1, -0.05) is 12.1 Å². The average molecular weight is 293 g/mol. The summed E-state index contributed by atoms with van der Waals surface area (Å²) in [6.45, 7) is 2.00. The Kier molecular flexibility index (Phi) is 3.52. The smallest absolute Gasteiger partial charge is 0.285 e. The second-order valence-electron chi connectivity index (χ2n) is 5.33. The lowest BCUT2D eigenvalue weighted by Gasteiger charge is -2.28. The van der Waals surface area contributed by atoms with Gasteiger partial charge in [-0.2, -0.15) is 8.42 Å². The van der Waals surface area contributed by atoms with Gasteiger partial charge in [0.2, 0.25) is 0 Å². The normalized spacial score (nSPS) is 24.6. The molecule has 1 aromatic rings. The van der Waals surface area contributed by atoms with Crippen molar-refractivity contribution in [3.05, 3.63) is 29.8 Å². The molecule has 1 aromatic carbocycles. The lowest BCUT2D eigenvalue weighted by molar-refractivity contribution is 0.337. The summed E-state index contributed by atoms with van der Waals surface area (Å²) in [6.07, 6.45) is 3.18. The highest BCUT2D eigenvalue weighted by Gasteiger charge is 2.32. The Bertz CT molecular complexity index is 632. The molecular formula is C14H19N3O2S. The van der Waals surface area contributed by atoms with Crippen molar-refractivity contribution in [1.82, 2.24) is 10.2 Å². The molecule has 1 saturated heterocycles. The number of benzene rings is 1. The molecule has 2 aliphatic heterocycles. The number of nitrogens with zero attached hydrogens (tertiary/aromatic N) is 2. The monoisotopic (exact) mass is 293 g/mol. The minimum Gasteiger partial charge on any atom is -0.355 e. The molecule has 1 atom stereocenters. The zero-order valence-corrected chi connectivity index (χ0v) is 12.4. The SMILES string of the molecule is CN(C1=NS(=O)(=O)c2ccccc21)C1CCCNCC1. The molecule has 0 spiro atoms. The lowest BCUT2D eigenvalue weighted by Crippen LogP contribution is -2.37. The van der Waals surface area contributed by atoms with Gasteiger partial charge in [0, 0.05) is 18.7 Å². The summed E-state index contributed by atoms with van der Waals surface area (Å²) in [5.41, 5.74) is 0.729. The van der Waals surface area contributed by atoms with Crippen molar-refractivity contribution in [3.63, 3.8) is 0 Å². The fourth-order valence-corrected chi connectivity index (χ4v) is 4.14. The Morgan fingerprint density at radius 1 is 1.25 bits per heavy atom. The summed E-state index contributed by atoms with van der Waals surface area (Å²) >= 11 is 0. The molecule has 5 nitrogen and oxygen atoms in total. The van der Waals surface area contributed by atoms with E-state index < -0.39 is 10.0 Å². The van der Waals surface area contributed by atoms with Gasteiger partial charge < -0.3 is 10.2 Å². The minimum atomic E-state index is -3.52. The molecule has 2 heterocycles. The number of sulfonamides is 1. The van der Waals surface area contributed by atoms with Gasteiger partial charge in [0.1, 0.15) is 4.90 Å². The van der Waals surface area contributed by atoms with Crippen LogP contribution in [0.1, 0.15) is 24.8 Å². The molecule has 0 saturated carbocycles. The van der Waals surface area contributed by atoms with Crippen LogP contribution in [0.3, 0.4) is 0 Å². The maximum Gasteiger partial charge on any atom is 0.285 e. The van der Waals surface area contributed by atoms with Crippen molar-refractivity contribution in [1.29, 1.82) is 0 Å². The molecule has 1 unspecified atom stereocenters. The van der Waals surface area contributed by atoms with E-state index in [9.17, 15) is 8.42 Å². The van der Waals surface area contributed by atoms with E-state index in [-0.39, 0.29) is 0 Å². The maximum absolute atomic E-state index is 12.1. The van der Waals surface area contributed by atoms with Crippen LogP contribution in [-0.4, -0.2) is 45.3 Å². The van der Waals surface area contributed by atoms with Crippen LogP contribution in [0.2, 0.25) is 0 Å². The van der Waals surface area contributed by atoms with Gasteiger partial charge in [0.25, 0.3) is 10.0 Å². The Morgan fingerprint density at radius 3 is 2.90 bits per heavy atom. The molecular weight excluding hydrogens is 274 g/mol. The van der Waals surface area contributed by atoms with Crippen molar-refractivity contribution in [2.75, 3.05) is 20.1 Å². The predicted octanol–water partition coefficient (Wildman–Crippen LogP) is 1.21. The van der Waals surface area contributed by atoms with E-state index in [0.29, 0.717) is 16.8 Å². The fraction of sp³-hybridized carbons (Fsp3) is 0.500. The number of nitrogens with one attached hydrogen (secondary N) is 1. The van der Waals surface area contributed by atoms with Crippen LogP contribution < -0.4 is 5.32 Å². The van der Waals surface area contributed by atoms with Gasteiger partial charge in [-0.15, -0.1) is 4.40 Å². The van der Waals surface area contributed by atoms with Crippen LogP contribution in [0, 0.1) is 0 Å². The predicted molar refractivity (Wildman–Crippen MR) is 78.4 cm³/mol. The molecule has 20 heavy (non-hydrogen) atoms. The standard InChI is InChI=1S/C14H19N3O2S/c1-17(11-5-4-9-15-10-8-11)14-12-6-2-3-7-13(12)20(18,19)16-14/h2-3,6-7,11,15H,4-5,8-10H2,1H3. The van der Waals surface area contributed by atoms with E-state index in [4.69, 9.17) is 0 Å². The highest BCUT2D eigenvalue weighted by Crippen LogP contribution is 2.28. The van der Waals surface area contributed by atoms with Gasteiger partial charge in [-0.3, -0.25) is 0 Å². The van der Waals surface area contributed by atoms with Gasteiger partial charge in [-0.05, 0) is 44.5 Å². The van der Waals surface area contributed by atoms with Crippen LogP contribution in [-0.2, 0) is 10.0 Å². The Hall–Kier alpha value is -1.40. The first-order valence-corrected chi connectivity index (χ1v) is 8.41. The van der Waals surface area contributed by atoms with Crippen molar-refractivity contribution in [2.24, 2.45) is 4.40 Å². The number of hydrogen-bond donors (Lipinski definition) is 1. The van der Waals surface area contributed by atoms with Crippen molar-refractivity contribution >= 4 is 15.9 Å². The highest BCUT2D eigenvalue weighted by atomic mass is 32.2. The van der Waals surface area contributed by atoms with E-state index >= 15 is 0 Å². The molecule has 1 fully saturated rings. The van der Waals surface area contributed by atoms with Gasteiger partial charge in [-0.25, -0.2) is 0 Å². The first-order valence-electron chi connectivity index (χ1n) is 6.97. The van der Waals surface area contributed by atoms with Crippen LogP contribution in [0.25, 0.3) is 0 Å². The van der Waals surface area contributed by atoms with E-state index in [0.717, 1.165) is 37.9 Å². The summed E-state index contributed by atoms with van der Waals surface area (Å²) in [5.74, 6) is 0.590. The molecule has 0 aromatic heterocycles. The molecule has 0 aliphatic carbocycles. The minimum absolute atomic E-state index is 0.327. The molecule has 0 amide bonds. The van der Waals surface area contributed by atoms with Crippen molar-refractivity contribution < 1.29 is 8.42 Å². The van der Waals surface area contributed by atoms with E-state index in [1.807, 2.05) is 24.1 Å². The van der Waals surface area contributed by atoms with Crippen LogP contribution in [0.5, 0.6) is 0 Å². The zero-order valence-electron chi connectivity index (χ0n) is 11.5. The number of fused-ring (bicyclic) bond motifs is 1. The average Bonchev–Trinajstić information content (AvgIpc) is 2.64. The first-order chi connectivity index (χ1) is 9.59. The third-order valence-corrected chi connectivity index (χ3v) is 5.36. The molecule has 3 rings (SSSR count). The fourth-order valence-electron chi connectivity index (χ4n) is 2.90. The molecule has 108 valence electrons. The van der Waals surface area contributed by atoms with Crippen LogP contribution in [0.15, 0.2) is 33.6 Å². The molecule has 1 N–H and O–H groups in total. The lowest BCUT2D eigenvalue weighted by atomic mass is 10.1. The summed E-state index contributed by atoms with van der Waals surface area (Å²) in [4.78, 5) is 2.37. The maximum atomic E-state index is 12.1. The van der Waals surface area contributed by atoms with E-state index in [2.05, 4.69) is 9.71 Å². The molecule has 0 radical (unpaired) electrons. The Labute approximate surface area is 119 Å². The Morgan fingerprint density at radius 2 is 2.05 bits per heavy atom. The molecule has 2 aliphatic rings. The van der Waals surface area contributed by atoms with Gasteiger partial charge in [0.15, 0.2) is 5.84 Å². The second kappa shape index (κ2) is 5.18. The van der Waals surface area contributed by atoms with E-state index in [1.165, 1.54) is 0 Å². The van der Waals surface area contributed by atoms with Gasteiger partial charge in [0.05, 0.1) is 0 Å². The number of rotatable bonds is 1. The summed E-state index contributed by atoms with van der Waals surface area (Å²) in [6, 6.07) is 7.40. The third kappa shape index (κ3) is 2.33. The van der Waals surface area contributed by atoms with E-state index in [1.54, 1.807) is 12.1 Å². The highest BCUT2D eigenvalue weighted by molar-refractivity contribution is 7.90. The quantitative estimate of drug-likeness (QED) is 0.845. The second-order valence-corrected chi connectivity index (χ2v) is 6.90. The topological polar surface area (TPSA) is 61.8 Å². The molecule has 6 heteroatoms. The van der Waals surface area contributed by atoms with Gasteiger partial charge >= 0.3 is 0 Å². The first kappa shape index (κ1) is 13.6. The number of amidine groups is 1. The Balaban J connectivity index is 1.94. The third-order valence-electron chi connectivity index (χ3n) is 4.04. The van der Waals surface area contributed by atoms with Crippen LogP contribution >= 0.6 is 0 Å². The summed E-state index contributed by atoms with van der Waals surface area (Å²) in [7, 11) is -1.57. The summed E-state index contributed by atoms with van der Waals surface area (Å²) in [5, 5.41) is 3.37. The largest absolute Gasteiger partial charge is 0.355 e. The summed E-state index contributed by atoms with van der Waals surface area (Å²) < 4.78 is 28.2. The number of hydrogen-bond acceptors (Lipinski definition) is 4.